The lowest BCUT2D eigenvalue weighted by atomic mass is 10.2. The van der Waals surface area contributed by atoms with Crippen molar-refractivity contribution in [1.29, 1.82) is 0 Å². The van der Waals surface area contributed by atoms with E-state index in [-0.39, 0.29) is 6.61 Å². The number of hydrogen-bond acceptors (Lipinski definition) is 4. The molecular weight excluding hydrogens is 248 g/mol. The molecule has 102 valence electrons. The van der Waals surface area contributed by atoms with Crippen molar-refractivity contribution < 1.29 is 14.6 Å². The topological polar surface area (TPSA) is 38.7 Å². The van der Waals surface area contributed by atoms with E-state index in [1.807, 2.05) is 38.1 Å². The van der Waals surface area contributed by atoms with Crippen LogP contribution in [0.1, 0.15) is 13.8 Å². The zero-order valence-corrected chi connectivity index (χ0v) is 11.9. The highest BCUT2D eigenvalue weighted by Gasteiger charge is 2.00. The first-order valence-corrected chi connectivity index (χ1v) is 7.46. The summed E-state index contributed by atoms with van der Waals surface area (Å²) in [5, 5.41) is 8.88. The molecule has 0 aliphatic rings. The highest BCUT2D eigenvalue weighted by molar-refractivity contribution is 7.99. The molecule has 3 nitrogen and oxygen atoms in total. The lowest BCUT2D eigenvalue weighted by Gasteiger charge is -2.09. The van der Waals surface area contributed by atoms with Gasteiger partial charge < -0.3 is 14.6 Å². The van der Waals surface area contributed by atoms with Crippen molar-refractivity contribution in [3.63, 3.8) is 0 Å². The minimum absolute atomic E-state index is 0.257. The second-order valence-corrected chi connectivity index (χ2v) is 5.27. The molecule has 18 heavy (non-hydrogen) atoms. The van der Waals surface area contributed by atoms with Crippen LogP contribution in [-0.2, 0) is 0 Å². The van der Waals surface area contributed by atoms with Crippen molar-refractivity contribution in [2.75, 3.05) is 31.3 Å². The Labute approximate surface area is 113 Å². The molecule has 0 amide bonds. The second-order valence-electron chi connectivity index (χ2n) is 4.12. The summed E-state index contributed by atoms with van der Waals surface area (Å²) in [5.74, 6) is 4.02. The summed E-state index contributed by atoms with van der Waals surface area (Å²) in [5.41, 5.74) is 0. The maximum Gasteiger partial charge on any atom is 0.119 e. The summed E-state index contributed by atoms with van der Waals surface area (Å²) >= 11 is 1.81. The van der Waals surface area contributed by atoms with Gasteiger partial charge in [0.2, 0.25) is 0 Å². The Morgan fingerprint density at radius 3 is 2.33 bits per heavy atom. The van der Waals surface area contributed by atoms with Crippen LogP contribution >= 0.6 is 11.8 Å². The molecule has 0 saturated heterocycles. The summed E-state index contributed by atoms with van der Waals surface area (Å²) in [7, 11) is 0. The largest absolute Gasteiger partial charge is 0.494 e. The maximum absolute atomic E-state index is 8.88. The summed E-state index contributed by atoms with van der Waals surface area (Å²) in [6.45, 7) is 5.64. The molecule has 0 spiro atoms. The van der Waals surface area contributed by atoms with Gasteiger partial charge in [-0.3, -0.25) is 0 Å². The van der Waals surface area contributed by atoms with Gasteiger partial charge in [-0.2, -0.15) is 11.8 Å². The average molecular weight is 270 g/mol. The molecule has 0 heterocycles. The molecule has 1 unspecified atom stereocenters. The quantitative estimate of drug-likeness (QED) is 0.700. The van der Waals surface area contributed by atoms with Crippen LogP contribution < -0.4 is 9.47 Å². The van der Waals surface area contributed by atoms with Crippen LogP contribution in [0, 0.1) is 5.92 Å². The molecular formula is C14H22O3S. The molecule has 4 heteroatoms. The Hall–Kier alpha value is -0.870. The van der Waals surface area contributed by atoms with Crippen LogP contribution in [0.2, 0.25) is 0 Å². The van der Waals surface area contributed by atoms with E-state index in [1.165, 1.54) is 0 Å². The van der Waals surface area contributed by atoms with E-state index in [4.69, 9.17) is 14.6 Å². The highest BCUT2D eigenvalue weighted by atomic mass is 32.2. The third-order valence-corrected chi connectivity index (χ3v) is 3.61. The van der Waals surface area contributed by atoms with Gasteiger partial charge in [-0.15, -0.1) is 0 Å². The van der Waals surface area contributed by atoms with Crippen molar-refractivity contribution in [3.05, 3.63) is 24.3 Å². The normalized spacial score (nSPS) is 12.2. The van der Waals surface area contributed by atoms with E-state index in [2.05, 4.69) is 0 Å². The number of benzene rings is 1. The first-order chi connectivity index (χ1) is 8.76. The van der Waals surface area contributed by atoms with Gasteiger partial charge in [-0.1, -0.05) is 6.92 Å². The SMILES string of the molecule is CCOc1ccc(OCCSCC(C)CO)cc1. The Kier molecular flexibility index (Phi) is 7.69. The van der Waals surface area contributed by atoms with Crippen LogP contribution in [0.5, 0.6) is 11.5 Å². The average Bonchev–Trinajstić information content (AvgIpc) is 2.40. The molecule has 0 fully saturated rings. The third-order valence-electron chi connectivity index (χ3n) is 2.35. The Morgan fingerprint density at radius 2 is 1.78 bits per heavy atom. The van der Waals surface area contributed by atoms with Crippen LogP contribution in [0.25, 0.3) is 0 Å². The Morgan fingerprint density at radius 1 is 1.17 bits per heavy atom. The molecule has 1 rings (SSSR count). The van der Waals surface area contributed by atoms with E-state index < -0.39 is 0 Å². The number of aliphatic hydroxyl groups excluding tert-OH is 1. The first kappa shape index (κ1) is 15.2. The fourth-order valence-electron chi connectivity index (χ4n) is 1.35. The standard InChI is InChI=1S/C14H22O3S/c1-3-16-13-4-6-14(7-5-13)17-8-9-18-11-12(2)10-15/h4-7,12,15H,3,8-11H2,1-2H3. The number of ether oxygens (including phenoxy) is 2. The summed E-state index contributed by atoms with van der Waals surface area (Å²) in [6, 6.07) is 7.68. The minimum atomic E-state index is 0.257. The lowest BCUT2D eigenvalue weighted by molar-refractivity contribution is 0.250. The molecule has 0 aliphatic heterocycles. The van der Waals surface area contributed by atoms with Gasteiger partial charge in [-0.05, 0) is 42.9 Å². The van der Waals surface area contributed by atoms with Gasteiger partial charge in [0.25, 0.3) is 0 Å². The molecule has 1 N–H and O–H groups in total. The van der Waals surface area contributed by atoms with Crippen molar-refractivity contribution in [3.8, 4) is 11.5 Å². The molecule has 0 aromatic heterocycles. The van der Waals surface area contributed by atoms with Crippen LogP contribution in [-0.4, -0.2) is 36.4 Å². The third kappa shape index (κ3) is 6.17. The second kappa shape index (κ2) is 9.11. The van der Waals surface area contributed by atoms with E-state index in [1.54, 1.807) is 11.8 Å². The molecule has 1 atom stereocenters. The van der Waals surface area contributed by atoms with Gasteiger partial charge in [0.05, 0.1) is 13.2 Å². The fraction of sp³-hybridized carbons (Fsp3) is 0.571. The zero-order valence-electron chi connectivity index (χ0n) is 11.1. The highest BCUT2D eigenvalue weighted by Crippen LogP contribution is 2.18. The van der Waals surface area contributed by atoms with E-state index in [0.717, 1.165) is 23.0 Å². The minimum Gasteiger partial charge on any atom is -0.494 e. The van der Waals surface area contributed by atoms with E-state index in [9.17, 15) is 0 Å². The molecule has 0 bridgehead atoms. The Bertz CT molecular complexity index is 313. The summed E-state index contributed by atoms with van der Waals surface area (Å²) in [6.07, 6.45) is 0. The van der Waals surface area contributed by atoms with Crippen molar-refractivity contribution in [2.45, 2.75) is 13.8 Å². The summed E-state index contributed by atoms with van der Waals surface area (Å²) in [4.78, 5) is 0. The van der Waals surface area contributed by atoms with Gasteiger partial charge in [0.15, 0.2) is 0 Å². The van der Waals surface area contributed by atoms with Gasteiger partial charge in [-0.25, -0.2) is 0 Å². The first-order valence-electron chi connectivity index (χ1n) is 6.30. The molecule has 0 radical (unpaired) electrons. The number of thioether (sulfide) groups is 1. The van der Waals surface area contributed by atoms with E-state index >= 15 is 0 Å². The van der Waals surface area contributed by atoms with Gasteiger partial charge >= 0.3 is 0 Å². The smallest absolute Gasteiger partial charge is 0.119 e. The van der Waals surface area contributed by atoms with Crippen LogP contribution in [0.4, 0.5) is 0 Å². The molecule has 0 saturated carbocycles. The van der Waals surface area contributed by atoms with Crippen LogP contribution in [0.3, 0.4) is 0 Å². The summed E-state index contributed by atoms with van der Waals surface area (Å²) < 4.78 is 11.0. The Balaban J connectivity index is 2.15. The molecule has 1 aromatic carbocycles. The van der Waals surface area contributed by atoms with Crippen molar-refractivity contribution in [1.82, 2.24) is 0 Å². The van der Waals surface area contributed by atoms with Gasteiger partial charge in [0.1, 0.15) is 11.5 Å². The lowest BCUT2D eigenvalue weighted by Crippen LogP contribution is -2.06. The maximum atomic E-state index is 8.88. The number of aliphatic hydroxyl groups is 1. The van der Waals surface area contributed by atoms with Gasteiger partial charge in [0, 0.05) is 12.4 Å². The molecule has 0 aliphatic carbocycles. The zero-order chi connectivity index (χ0) is 13.2. The number of rotatable bonds is 9. The number of hydrogen-bond donors (Lipinski definition) is 1. The van der Waals surface area contributed by atoms with E-state index in [0.29, 0.717) is 19.1 Å². The van der Waals surface area contributed by atoms with Crippen LogP contribution in [0.15, 0.2) is 24.3 Å². The van der Waals surface area contributed by atoms with Crippen molar-refractivity contribution in [2.24, 2.45) is 5.92 Å². The van der Waals surface area contributed by atoms with Crippen molar-refractivity contribution >= 4 is 11.8 Å². The fourth-order valence-corrected chi connectivity index (χ4v) is 2.23. The predicted molar refractivity (Wildman–Crippen MR) is 76.7 cm³/mol. The monoisotopic (exact) mass is 270 g/mol. The predicted octanol–water partition coefficient (Wildman–Crippen LogP) is 2.83. The molecule has 1 aromatic rings.